The third-order valence-electron chi connectivity index (χ3n) is 7.99. The molecule has 0 spiro atoms. The summed E-state index contributed by atoms with van der Waals surface area (Å²) in [6.07, 6.45) is 15.1. The molecule has 6 nitrogen and oxygen atoms in total. The first-order valence-electron chi connectivity index (χ1n) is 13.3. The quantitative estimate of drug-likeness (QED) is 0.241. The molecular weight excluding hydrogens is 492 g/mol. The van der Waals surface area contributed by atoms with Gasteiger partial charge in [-0.1, -0.05) is 12.1 Å². The third kappa shape index (κ3) is 3.23. The zero-order valence-electron chi connectivity index (χ0n) is 22.1. The molecule has 0 saturated carbocycles. The van der Waals surface area contributed by atoms with E-state index in [0.717, 1.165) is 44.2 Å². The van der Waals surface area contributed by atoms with Crippen LogP contribution in [-0.4, -0.2) is 29.1 Å². The van der Waals surface area contributed by atoms with Crippen molar-refractivity contribution in [2.45, 2.75) is 13.8 Å². The minimum atomic E-state index is 1.07. The van der Waals surface area contributed by atoms with Crippen LogP contribution in [0.3, 0.4) is 0 Å². The Kier molecular flexibility index (Phi) is 4.85. The highest BCUT2D eigenvalue weighted by Gasteiger charge is 2.17. The molecule has 0 saturated heterocycles. The number of pyridine rings is 4. The van der Waals surface area contributed by atoms with Crippen LogP contribution >= 0.6 is 0 Å². The maximum atomic E-state index is 4.44. The summed E-state index contributed by atoms with van der Waals surface area (Å²) < 4.78 is 4.55. The van der Waals surface area contributed by atoms with Crippen molar-refractivity contribution >= 4 is 43.6 Å². The van der Waals surface area contributed by atoms with E-state index in [1.165, 1.54) is 33.0 Å². The lowest BCUT2D eigenvalue weighted by atomic mass is 9.95. The van der Waals surface area contributed by atoms with E-state index in [9.17, 15) is 0 Å². The standard InChI is InChI=1S/C34H24N6/c1-21-3-5-23(39-31-10-14-35-17-30(31)27-9-13-38-20-34(27)39)15-28(21)29-16-24(6-4-22(29)2)40-32-18-36-11-7-25(32)26-8-12-37-19-33(26)40/h3-20H,1-2H3. The summed E-state index contributed by atoms with van der Waals surface area (Å²) in [5.74, 6) is 0. The minimum Gasteiger partial charge on any atom is -0.308 e. The van der Waals surface area contributed by atoms with Gasteiger partial charge in [0.25, 0.3) is 0 Å². The highest BCUT2D eigenvalue weighted by Crippen LogP contribution is 2.37. The molecule has 0 radical (unpaired) electrons. The second-order valence-electron chi connectivity index (χ2n) is 10.2. The molecule has 0 fully saturated rings. The summed E-state index contributed by atoms with van der Waals surface area (Å²) in [7, 11) is 0. The molecule has 8 rings (SSSR count). The molecule has 0 aliphatic rings. The van der Waals surface area contributed by atoms with Gasteiger partial charge in [0.05, 0.1) is 40.7 Å². The number of hydrogen-bond donors (Lipinski definition) is 0. The lowest BCUT2D eigenvalue weighted by Gasteiger charge is -2.16. The second kappa shape index (κ2) is 8.58. The molecule has 6 heterocycles. The van der Waals surface area contributed by atoms with Gasteiger partial charge in [0, 0.05) is 63.9 Å². The first-order chi connectivity index (χ1) is 19.7. The van der Waals surface area contributed by atoms with Gasteiger partial charge in [0.1, 0.15) is 0 Å². The van der Waals surface area contributed by atoms with Crippen LogP contribution < -0.4 is 0 Å². The molecule has 0 N–H and O–H groups in total. The van der Waals surface area contributed by atoms with Gasteiger partial charge < -0.3 is 9.13 Å². The molecule has 8 aromatic rings. The van der Waals surface area contributed by atoms with Crippen molar-refractivity contribution in [2.75, 3.05) is 0 Å². The van der Waals surface area contributed by atoms with Crippen molar-refractivity contribution in [2.24, 2.45) is 0 Å². The molecule has 0 aliphatic heterocycles. The molecule has 0 amide bonds. The lowest BCUT2D eigenvalue weighted by molar-refractivity contribution is 1.15. The summed E-state index contributed by atoms with van der Waals surface area (Å²) in [5, 5.41) is 4.60. The SMILES string of the molecule is Cc1ccc(-n2c3ccncc3c3ccncc32)cc1-c1cc(-n2c3cnccc3c3ccncc32)ccc1C. The van der Waals surface area contributed by atoms with Crippen molar-refractivity contribution in [3.05, 3.63) is 121 Å². The van der Waals surface area contributed by atoms with Crippen molar-refractivity contribution in [1.82, 2.24) is 29.1 Å². The van der Waals surface area contributed by atoms with Crippen LogP contribution in [0.4, 0.5) is 0 Å². The van der Waals surface area contributed by atoms with Gasteiger partial charge in [0.2, 0.25) is 0 Å². The number of fused-ring (bicyclic) bond motifs is 6. The average Bonchev–Trinajstić information content (AvgIpc) is 3.51. The highest BCUT2D eigenvalue weighted by atomic mass is 15.0. The first-order valence-corrected chi connectivity index (χ1v) is 13.3. The molecular formula is C34H24N6. The fraction of sp³-hybridized carbons (Fsp3) is 0.0588. The second-order valence-corrected chi connectivity index (χ2v) is 10.2. The van der Waals surface area contributed by atoms with Crippen LogP contribution in [0.1, 0.15) is 11.1 Å². The monoisotopic (exact) mass is 516 g/mol. The first kappa shape index (κ1) is 22.6. The van der Waals surface area contributed by atoms with E-state index in [4.69, 9.17) is 0 Å². The summed E-state index contributed by atoms with van der Waals surface area (Å²) in [6, 6.07) is 21.7. The molecule has 0 bridgehead atoms. The molecule has 0 unspecified atom stereocenters. The zero-order valence-corrected chi connectivity index (χ0v) is 22.1. The smallest absolute Gasteiger partial charge is 0.0725 e. The van der Waals surface area contributed by atoms with E-state index in [2.05, 4.69) is 104 Å². The Bertz CT molecular complexity index is 1990. The van der Waals surface area contributed by atoms with E-state index in [1.54, 1.807) is 0 Å². The van der Waals surface area contributed by atoms with Gasteiger partial charge in [-0.3, -0.25) is 19.9 Å². The minimum absolute atomic E-state index is 1.07. The Morgan fingerprint density at radius 1 is 0.425 bits per heavy atom. The van der Waals surface area contributed by atoms with Gasteiger partial charge >= 0.3 is 0 Å². The van der Waals surface area contributed by atoms with Gasteiger partial charge in [-0.15, -0.1) is 0 Å². The predicted octanol–water partition coefficient (Wildman–Crippen LogP) is 7.74. The van der Waals surface area contributed by atoms with E-state index in [1.807, 2.05) is 49.6 Å². The summed E-state index contributed by atoms with van der Waals surface area (Å²) in [6.45, 7) is 4.35. The Hall–Kier alpha value is -5.36. The number of nitrogens with zero attached hydrogens (tertiary/aromatic N) is 6. The molecule has 6 aromatic heterocycles. The average molecular weight is 517 g/mol. The summed E-state index contributed by atoms with van der Waals surface area (Å²) in [4.78, 5) is 17.7. The van der Waals surface area contributed by atoms with Crippen LogP contribution in [0.25, 0.3) is 66.1 Å². The van der Waals surface area contributed by atoms with E-state index in [-0.39, 0.29) is 0 Å². The van der Waals surface area contributed by atoms with Crippen LogP contribution in [-0.2, 0) is 0 Å². The topological polar surface area (TPSA) is 61.4 Å². The van der Waals surface area contributed by atoms with Crippen molar-refractivity contribution < 1.29 is 0 Å². The number of benzene rings is 2. The van der Waals surface area contributed by atoms with Crippen LogP contribution in [0.5, 0.6) is 0 Å². The predicted molar refractivity (Wildman–Crippen MR) is 161 cm³/mol. The fourth-order valence-corrected chi connectivity index (χ4v) is 6.06. The van der Waals surface area contributed by atoms with Crippen LogP contribution in [0, 0.1) is 13.8 Å². The van der Waals surface area contributed by atoms with Crippen LogP contribution in [0.2, 0.25) is 0 Å². The van der Waals surface area contributed by atoms with Crippen molar-refractivity contribution in [3.63, 3.8) is 0 Å². The largest absolute Gasteiger partial charge is 0.308 e. The molecule has 40 heavy (non-hydrogen) atoms. The van der Waals surface area contributed by atoms with Gasteiger partial charge in [-0.2, -0.15) is 0 Å². The van der Waals surface area contributed by atoms with Gasteiger partial charge in [-0.25, -0.2) is 0 Å². The molecule has 0 atom stereocenters. The lowest BCUT2D eigenvalue weighted by Crippen LogP contribution is -1.99. The molecule has 190 valence electrons. The Balaban J connectivity index is 1.36. The number of aromatic nitrogens is 6. The van der Waals surface area contributed by atoms with Gasteiger partial charge in [-0.05, 0) is 84.6 Å². The zero-order chi connectivity index (χ0) is 26.8. The Labute approximate surface area is 230 Å². The third-order valence-corrected chi connectivity index (χ3v) is 7.99. The molecule has 6 heteroatoms. The Morgan fingerprint density at radius 2 is 0.850 bits per heavy atom. The van der Waals surface area contributed by atoms with Crippen LogP contribution in [0.15, 0.2) is 110 Å². The van der Waals surface area contributed by atoms with Crippen molar-refractivity contribution in [3.8, 4) is 22.5 Å². The highest BCUT2D eigenvalue weighted by molar-refractivity contribution is 6.09. The maximum absolute atomic E-state index is 4.44. The number of hydrogen-bond acceptors (Lipinski definition) is 4. The fourth-order valence-electron chi connectivity index (χ4n) is 6.06. The van der Waals surface area contributed by atoms with E-state index < -0.39 is 0 Å². The summed E-state index contributed by atoms with van der Waals surface area (Å²) in [5.41, 5.74) is 11.3. The Morgan fingerprint density at radius 3 is 1.38 bits per heavy atom. The van der Waals surface area contributed by atoms with E-state index in [0.29, 0.717) is 0 Å². The van der Waals surface area contributed by atoms with Gasteiger partial charge in [0.15, 0.2) is 0 Å². The normalized spacial score (nSPS) is 11.8. The van der Waals surface area contributed by atoms with E-state index >= 15 is 0 Å². The maximum Gasteiger partial charge on any atom is 0.0725 e. The molecule has 0 aliphatic carbocycles. The van der Waals surface area contributed by atoms with Crippen molar-refractivity contribution in [1.29, 1.82) is 0 Å². The molecule has 2 aromatic carbocycles. The number of rotatable bonds is 3. The number of aryl methyl sites for hydroxylation is 2. The summed E-state index contributed by atoms with van der Waals surface area (Å²) >= 11 is 0.